The number of carboxylic acids is 1. The lowest BCUT2D eigenvalue weighted by molar-refractivity contribution is -0.136. The van der Waals surface area contributed by atoms with Gasteiger partial charge in [0.25, 0.3) is 0 Å². The number of fused-ring (bicyclic) bond motifs is 1. The number of hydrogen-bond donors (Lipinski definition) is 1. The van der Waals surface area contributed by atoms with Gasteiger partial charge in [-0.1, -0.05) is 18.2 Å². The van der Waals surface area contributed by atoms with Crippen molar-refractivity contribution in [2.45, 2.75) is 26.8 Å². The molecule has 0 atom stereocenters. The summed E-state index contributed by atoms with van der Waals surface area (Å²) in [4.78, 5) is 16.1. The topological polar surface area (TPSA) is 55.1 Å². The molecule has 0 spiro atoms. The molecule has 158 valence electrons. The van der Waals surface area contributed by atoms with Crippen LogP contribution in [0.25, 0.3) is 22.2 Å². The molecule has 0 bridgehead atoms. The molecule has 0 amide bonds. The molecular weight excluding hydrogens is 405 g/mol. The van der Waals surface area contributed by atoms with E-state index in [0.717, 1.165) is 17.7 Å². The standard InChI is InChI=1S/C24H19F3N2O2/c1-13-3-5-16(20(26)9-13)23-17-7-8-29(12-15-4-6-19(25)21(27)10-15)24(17)28-14(2)18(23)11-22(30)31/h3-10H,11-12H2,1-2H3,(H,30,31). The second-order valence-electron chi connectivity index (χ2n) is 7.53. The monoisotopic (exact) mass is 424 g/mol. The Morgan fingerprint density at radius 3 is 2.45 bits per heavy atom. The summed E-state index contributed by atoms with van der Waals surface area (Å²) in [5.74, 6) is -3.36. The van der Waals surface area contributed by atoms with Gasteiger partial charge in [-0.2, -0.15) is 0 Å². The van der Waals surface area contributed by atoms with Gasteiger partial charge in [0.05, 0.1) is 6.42 Å². The Morgan fingerprint density at radius 1 is 1.00 bits per heavy atom. The molecule has 31 heavy (non-hydrogen) atoms. The zero-order valence-corrected chi connectivity index (χ0v) is 16.9. The van der Waals surface area contributed by atoms with Crippen LogP contribution in [0.2, 0.25) is 0 Å². The SMILES string of the molecule is Cc1ccc(-c2c(CC(=O)O)c(C)nc3c2ccn3Cc2ccc(F)c(F)c2)c(F)c1. The minimum Gasteiger partial charge on any atom is -0.481 e. The Bertz CT molecular complexity index is 1330. The van der Waals surface area contributed by atoms with Gasteiger partial charge in [-0.15, -0.1) is 0 Å². The lowest BCUT2D eigenvalue weighted by Crippen LogP contribution is -2.08. The lowest BCUT2D eigenvalue weighted by atomic mass is 9.93. The molecule has 0 saturated heterocycles. The van der Waals surface area contributed by atoms with Crippen molar-refractivity contribution >= 4 is 17.0 Å². The van der Waals surface area contributed by atoms with Crippen LogP contribution in [0.15, 0.2) is 48.7 Å². The molecule has 7 heteroatoms. The van der Waals surface area contributed by atoms with Crippen molar-refractivity contribution < 1.29 is 23.1 Å². The maximum Gasteiger partial charge on any atom is 0.307 e. The van der Waals surface area contributed by atoms with E-state index in [1.54, 1.807) is 42.8 Å². The number of carboxylic acid groups (broad SMARTS) is 1. The smallest absolute Gasteiger partial charge is 0.307 e. The number of rotatable bonds is 5. The minimum absolute atomic E-state index is 0.223. The molecule has 0 saturated carbocycles. The number of benzene rings is 2. The van der Waals surface area contributed by atoms with E-state index in [9.17, 15) is 23.1 Å². The van der Waals surface area contributed by atoms with Gasteiger partial charge in [0.1, 0.15) is 11.5 Å². The van der Waals surface area contributed by atoms with Crippen LogP contribution in [0.1, 0.15) is 22.4 Å². The van der Waals surface area contributed by atoms with E-state index in [1.165, 1.54) is 12.1 Å². The largest absolute Gasteiger partial charge is 0.481 e. The fourth-order valence-corrected chi connectivity index (χ4v) is 3.81. The quantitative estimate of drug-likeness (QED) is 0.466. The first-order valence-corrected chi connectivity index (χ1v) is 9.65. The first-order chi connectivity index (χ1) is 14.7. The normalized spacial score (nSPS) is 11.3. The zero-order chi connectivity index (χ0) is 22.3. The predicted molar refractivity (Wildman–Crippen MR) is 111 cm³/mol. The fourth-order valence-electron chi connectivity index (χ4n) is 3.81. The molecule has 2 aromatic carbocycles. The van der Waals surface area contributed by atoms with Gasteiger partial charge in [0, 0.05) is 34.9 Å². The molecule has 4 rings (SSSR count). The molecule has 4 nitrogen and oxygen atoms in total. The number of hydrogen-bond acceptors (Lipinski definition) is 2. The van der Waals surface area contributed by atoms with Crippen LogP contribution in [0.3, 0.4) is 0 Å². The molecule has 0 aliphatic heterocycles. The van der Waals surface area contributed by atoms with Crippen LogP contribution >= 0.6 is 0 Å². The lowest BCUT2D eigenvalue weighted by Gasteiger charge is -2.15. The molecular formula is C24H19F3N2O2. The molecule has 2 heterocycles. The van der Waals surface area contributed by atoms with Gasteiger partial charge < -0.3 is 9.67 Å². The van der Waals surface area contributed by atoms with Crippen molar-refractivity contribution in [3.8, 4) is 11.1 Å². The van der Waals surface area contributed by atoms with Crippen molar-refractivity contribution in [1.29, 1.82) is 0 Å². The Balaban J connectivity index is 1.93. The number of aliphatic carboxylic acids is 1. The number of nitrogens with zero attached hydrogens (tertiary/aromatic N) is 2. The molecule has 0 unspecified atom stereocenters. The third kappa shape index (κ3) is 3.91. The Hall–Kier alpha value is -3.61. The number of aryl methyl sites for hydroxylation is 2. The first kappa shape index (κ1) is 20.7. The van der Waals surface area contributed by atoms with Crippen LogP contribution in [0.4, 0.5) is 13.2 Å². The third-order valence-electron chi connectivity index (χ3n) is 5.27. The van der Waals surface area contributed by atoms with Crippen LogP contribution < -0.4 is 0 Å². The highest BCUT2D eigenvalue weighted by molar-refractivity contribution is 5.97. The van der Waals surface area contributed by atoms with Gasteiger partial charge in [0.15, 0.2) is 11.6 Å². The summed E-state index contributed by atoms with van der Waals surface area (Å²) < 4.78 is 43.5. The van der Waals surface area contributed by atoms with Crippen molar-refractivity contribution in [1.82, 2.24) is 9.55 Å². The highest BCUT2D eigenvalue weighted by Crippen LogP contribution is 2.36. The van der Waals surface area contributed by atoms with E-state index in [4.69, 9.17) is 0 Å². The van der Waals surface area contributed by atoms with Crippen LogP contribution in [0, 0.1) is 31.3 Å². The summed E-state index contributed by atoms with van der Waals surface area (Å²) in [7, 11) is 0. The van der Waals surface area contributed by atoms with Crippen molar-refractivity contribution in [3.05, 3.63) is 88.5 Å². The first-order valence-electron chi connectivity index (χ1n) is 9.65. The molecule has 0 aliphatic carbocycles. The van der Waals surface area contributed by atoms with Gasteiger partial charge >= 0.3 is 5.97 Å². The maximum absolute atomic E-state index is 14.9. The van der Waals surface area contributed by atoms with Crippen molar-refractivity contribution in [3.63, 3.8) is 0 Å². The second-order valence-corrected chi connectivity index (χ2v) is 7.53. The van der Waals surface area contributed by atoms with Crippen molar-refractivity contribution in [2.75, 3.05) is 0 Å². The third-order valence-corrected chi connectivity index (χ3v) is 5.27. The Labute approximate surface area is 176 Å². The van der Waals surface area contributed by atoms with Crippen molar-refractivity contribution in [2.24, 2.45) is 0 Å². The van der Waals surface area contributed by atoms with Gasteiger partial charge in [-0.25, -0.2) is 18.2 Å². The van der Waals surface area contributed by atoms with E-state index in [2.05, 4.69) is 4.98 Å². The zero-order valence-electron chi connectivity index (χ0n) is 16.9. The predicted octanol–water partition coefficient (Wildman–Crippen LogP) is 5.41. The van der Waals surface area contributed by atoms with Crippen LogP contribution in [-0.4, -0.2) is 20.6 Å². The van der Waals surface area contributed by atoms with Gasteiger partial charge in [-0.3, -0.25) is 4.79 Å². The summed E-state index contributed by atoms with van der Waals surface area (Å²) in [6.07, 6.45) is 1.42. The molecule has 2 aromatic heterocycles. The average Bonchev–Trinajstić information content (AvgIpc) is 3.08. The van der Waals surface area contributed by atoms with E-state index in [1.807, 2.05) is 0 Å². The Morgan fingerprint density at radius 2 is 1.77 bits per heavy atom. The fraction of sp³-hybridized carbons (Fsp3) is 0.167. The Kier molecular flexibility index (Phi) is 5.27. The summed E-state index contributed by atoms with van der Waals surface area (Å²) in [6, 6.07) is 10.2. The molecule has 1 N–H and O–H groups in total. The van der Waals surface area contributed by atoms with Crippen LogP contribution in [-0.2, 0) is 17.8 Å². The number of carbonyl (C=O) groups is 1. The number of pyridine rings is 1. The molecule has 0 fully saturated rings. The maximum atomic E-state index is 14.9. The van der Waals surface area contributed by atoms with Gasteiger partial charge in [-0.05, 0) is 54.8 Å². The average molecular weight is 424 g/mol. The molecule has 0 aliphatic rings. The highest BCUT2D eigenvalue weighted by Gasteiger charge is 2.21. The van der Waals surface area contributed by atoms with E-state index in [-0.39, 0.29) is 13.0 Å². The summed E-state index contributed by atoms with van der Waals surface area (Å²) in [6.45, 7) is 3.68. The number of halogens is 3. The highest BCUT2D eigenvalue weighted by atomic mass is 19.2. The second kappa shape index (κ2) is 7.91. The minimum atomic E-state index is -1.04. The van der Waals surface area contributed by atoms with E-state index < -0.39 is 23.4 Å². The van der Waals surface area contributed by atoms with E-state index >= 15 is 0 Å². The van der Waals surface area contributed by atoms with Crippen LogP contribution in [0.5, 0.6) is 0 Å². The molecule has 0 radical (unpaired) electrons. The summed E-state index contributed by atoms with van der Waals surface area (Å²) >= 11 is 0. The van der Waals surface area contributed by atoms with Gasteiger partial charge in [0.2, 0.25) is 0 Å². The molecule has 4 aromatic rings. The summed E-state index contributed by atoms with van der Waals surface area (Å²) in [5, 5.41) is 9.99. The number of aromatic nitrogens is 2. The van der Waals surface area contributed by atoms with E-state index in [0.29, 0.717) is 39.0 Å². The summed E-state index contributed by atoms with van der Waals surface area (Å²) in [5.41, 5.74) is 3.47.